The van der Waals surface area contributed by atoms with Gasteiger partial charge in [0.25, 0.3) is 0 Å². The number of carbonyl (C=O) groups is 2. The fourth-order valence-corrected chi connectivity index (χ4v) is 1.58. The molecule has 0 radical (unpaired) electrons. The van der Waals surface area contributed by atoms with E-state index in [4.69, 9.17) is 16.7 Å². The van der Waals surface area contributed by atoms with Crippen molar-refractivity contribution in [2.45, 2.75) is 12.5 Å². The van der Waals surface area contributed by atoms with Gasteiger partial charge in [0.2, 0.25) is 0 Å². The molecule has 0 fully saturated rings. The summed E-state index contributed by atoms with van der Waals surface area (Å²) in [5, 5.41) is 14.0. The number of hydrogen-bond acceptors (Lipinski definition) is 2. The molecule has 18 heavy (non-hydrogen) atoms. The van der Waals surface area contributed by atoms with Crippen LogP contribution in [0.15, 0.2) is 30.3 Å². The molecule has 1 unspecified atom stereocenters. The van der Waals surface area contributed by atoms with Crippen LogP contribution in [0.25, 0.3) is 0 Å². The lowest BCUT2D eigenvalue weighted by atomic mass is 10.0. The van der Waals surface area contributed by atoms with Crippen LogP contribution in [0, 0.1) is 0 Å². The van der Waals surface area contributed by atoms with Gasteiger partial charge >= 0.3 is 12.0 Å². The Balaban J connectivity index is 2.67. The van der Waals surface area contributed by atoms with Crippen LogP contribution in [-0.2, 0) is 4.79 Å². The summed E-state index contributed by atoms with van der Waals surface area (Å²) < 4.78 is 0. The fraction of sp³-hybridized carbons (Fsp3) is 0.333. The van der Waals surface area contributed by atoms with Crippen molar-refractivity contribution < 1.29 is 14.7 Å². The van der Waals surface area contributed by atoms with Gasteiger partial charge in [-0.05, 0) is 5.56 Å². The lowest BCUT2D eigenvalue weighted by Crippen LogP contribution is -2.39. The molecule has 0 aromatic heterocycles. The lowest BCUT2D eigenvalue weighted by molar-refractivity contribution is -0.137. The van der Waals surface area contributed by atoms with E-state index in [2.05, 4.69) is 10.6 Å². The van der Waals surface area contributed by atoms with Crippen LogP contribution in [0.5, 0.6) is 0 Å². The summed E-state index contributed by atoms with van der Waals surface area (Å²) in [5.41, 5.74) is 0.751. The zero-order valence-electron chi connectivity index (χ0n) is 9.73. The topological polar surface area (TPSA) is 78.4 Å². The maximum atomic E-state index is 11.5. The average molecular weight is 271 g/mol. The van der Waals surface area contributed by atoms with Gasteiger partial charge in [-0.25, -0.2) is 4.79 Å². The van der Waals surface area contributed by atoms with Crippen molar-refractivity contribution in [3.05, 3.63) is 35.9 Å². The number of aliphatic carboxylic acids is 1. The number of benzene rings is 1. The van der Waals surface area contributed by atoms with Gasteiger partial charge in [0.1, 0.15) is 0 Å². The minimum absolute atomic E-state index is 0.168. The van der Waals surface area contributed by atoms with Crippen molar-refractivity contribution in [3.63, 3.8) is 0 Å². The van der Waals surface area contributed by atoms with Gasteiger partial charge in [-0.3, -0.25) is 4.79 Å². The Morgan fingerprint density at radius 3 is 2.50 bits per heavy atom. The zero-order chi connectivity index (χ0) is 13.4. The molecule has 1 aromatic rings. The van der Waals surface area contributed by atoms with Gasteiger partial charge in [-0.2, -0.15) is 0 Å². The van der Waals surface area contributed by atoms with Crippen molar-refractivity contribution in [2.24, 2.45) is 0 Å². The number of alkyl halides is 1. The van der Waals surface area contributed by atoms with Crippen molar-refractivity contribution in [1.82, 2.24) is 10.6 Å². The molecule has 0 heterocycles. The van der Waals surface area contributed by atoms with Crippen molar-refractivity contribution in [3.8, 4) is 0 Å². The maximum absolute atomic E-state index is 11.5. The highest BCUT2D eigenvalue weighted by Gasteiger charge is 2.17. The van der Waals surface area contributed by atoms with Crippen LogP contribution in [0.1, 0.15) is 18.0 Å². The summed E-state index contributed by atoms with van der Waals surface area (Å²) in [5.74, 6) is -0.663. The molecule has 0 saturated heterocycles. The van der Waals surface area contributed by atoms with E-state index in [9.17, 15) is 9.59 Å². The number of carboxylic acid groups (broad SMARTS) is 1. The molecule has 1 aromatic carbocycles. The van der Waals surface area contributed by atoms with Crippen LogP contribution < -0.4 is 10.6 Å². The summed E-state index contributed by atoms with van der Waals surface area (Å²) in [4.78, 5) is 22.3. The molecule has 0 aliphatic heterocycles. The van der Waals surface area contributed by atoms with E-state index in [1.165, 1.54) is 0 Å². The van der Waals surface area contributed by atoms with Gasteiger partial charge in [0.05, 0.1) is 12.5 Å². The fourth-order valence-electron chi connectivity index (χ4n) is 1.48. The van der Waals surface area contributed by atoms with E-state index in [-0.39, 0.29) is 6.42 Å². The number of nitrogens with one attached hydrogen (secondary N) is 2. The third kappa shape index (κ3) is 5.05. The molecular weight excluding hydrogens is 256 g/mol. The number of carbonyl (C=O) groups excluding carboxylic acids is 1. The molecule has 0 spiro atoms. The molecule has 5 nitrogen and oxygen atoms in total. The van der Waals surface area contributed by atoms with Crippen LogP contribution in [0.2, 0.25) is 0 Å². The lowest BCUT2D eigenvalue weighted by Gasteiger charge is -2.17. The van der Waals surface area contributed by atoms with Crippen LogP contribution in [-0.4, -0.2) is 29.5 Å². The van der Waals surface area contributed by atoms with Gasteiger partial charge in [-0.15, -0.1) is 11.6 Å². The predicted molar refractivity (Wildman–Crippen MR) is 68.7 cm³/mol. The molecular formula is C12H15ClN2O3. The summed E-state index contributed by atoms with van der Waals surface area (Å²) in [6, 6.07) is 7.98. The summed E-state index contributed by atoms with van der Waals surface area (Å²) >= 11 is 5.45. The first-order valence-corrected chi connectivity index (χ1v) is 6.04. The molecule has 98 valence electrons. The SMILES string of the molecule is O=C(O)CC(NC(=O)NCCCl)c1ccccc1. The molecule has 6 heteroatoms. The van der Waals surface area contributed by atoms with E-state index in [1.54, 1.807) is 24.3 Å². The molecule has 0 saturated carbocycles. The number of hydrogen-bond donors (Lipinski definition) is 3. The Morgan fingerprint density at radius 2 is 1.94 bits per heavy atom. The van der Waals surface area contributed by atoms with E-state index in [1.807, 2.05) is 6.07 Å². The molecule has 0 aliphatic rings. The number of amides is 2. The second-order valence-corrected chi connectivity index (χ2v) is 4.03. The average Bonchev–Trinajstić information content (AvgIpc) is 2.36. The van der Waals surface area contributed by atoms with Crippen LogP contribution >= 0.6 is 11.6 Å². The van der Waals surface area contributed by atoms with E-state index in [0.29, 0.717) is 12.4 Å². The van der Waals surface area contributed by atoms with E-state index in [0.717, 1.165) is 5.56 Å². The Morgan fingerprint density at radius 1 is 1.28 bits per heavy atom. The van der Waals surface area contributed by atoms with Gasteiger partial charge < -0.3 is 15.7 Å². The third-order valence-corrected chi connectivity index (χ3v) is 2.46. The minimum atomic E-state index is -0.971. The predicted octanol–water partition coefficient (Wildman–Crippen LogP) is 1.74. The summed E-state index contributed by atoms with van der Waals surface area (Å²) in [6.45, 7) is 0.335. The van der Waals surface area contributed by atoms with Crippen LogP contribution in [0.4, 0.5) is 4.79 Å². The molecule has 0 bridgehead atoms. The minimum Gasteiger partial charge on any atom is -0.481 e. The zero-order valence-corrected chi connectivity index (χ0v) is 10.5. The summed E-state index contributed by atoms with van der Waals surface area (Å²) in [6.07, 6.45) is -0.168. The standard InChI is InChI=1S/C12H15ClN2O3/c13-6-7-14-12(18)15-10(8-11(16)17)9-4-2-1-3-5-9/h1-5,10H,6-8H2,(H,16,17)(H2,14,15,18). The Kier molecular flexibility index (Phi) is 6.00. The number of halogens is 1. The van der Waals surface area contributed by atoms with Gasteiger partial charge in [-0.1, -0.05) is 30.3 Å². The van der Waals surface area contributed by atoms with Gasteiger partial charge in [0, 0.05) is 12.4 Å². The Labute approximate surface area is 110 Å². The quantitative estimate of drug-likeness (QED) is 0.689. The number of carboxylic acids is 1. The first-order valence-electron chi connectivity index (χ1n) is 5.50. The second kappa shape index (κ2) is 7.55. The molecule has 2 amide bonds. The van der Waals surface area contributed by atoms with Crippen molar-refractivity contribution in [2.75, 3.05) is 12.4 Å². The molecule has 3 N–H and O–H groups in total. The van der Waals surface area contributed by atoms with Crippen LogP contribution in [0.3, 0.4) is 0 Å². The van der Waals surface area contributed by atoms with E-state index >= 15 is 0 Å². The van der Waals surface area contributed by atoms with Crippen molar-refractivity contribution >= 4 is 23.6 Å². The summed E-state index contributed by atoms with van der Waals surface area (Å²) in [7, 11) is 0. The highest BCUT2D eigenvalue weighted by Crippen LogP contribution is 2.16. The highest BCUT2D eigenvalue weighted by atomic mass is 35.5. The Hall–Kier alpha value is -1.75. The normalized spacial score (nSPS) is 11.6. The number of urea groups is 1. The smallest absolute Gasteiger partial charge is 0.315 e. The third-order valence-electron chi connectivity index (χ3n) is 2.27. The van der Waals surface area contributed by atoms with Gasteiger partial charge in [0.15, 0.2) is 0 Å². The monoisotopic (exact) mass is 270 g/mol. The molecule has 1 atom stereocenters. The Bertz CT molecular complexity index is 398. The highest BCUT2D eigenvalue weighted by molar-refractivity contribution is 6.18. The van der Waals surface area contributed by atoms with E-state index < -0.39 is 18.0 Å². The maximum Gasteiger partial charge on any atom is 0.315 e. The first-order chi connectivity index (χ1) is 8.63. The number of rotatable bonds is 6. The van der Waals surface area contributed by atoms with Crippen molar-refractivity contribution in [1.29, 1.82) is 0 Å². The largest absolute Gasteiger partial charge is 0.481 e. The molecule has 0 aliphatic carbocycles. The first kappa shape index (κ1) is 14.3. The second-order valence-electron chi connectivity index (χ2n) is 3.65. The molecule has 1 rings (SSSR count).